The summed E-state index contributed by atoms with van der Waals surface area (Å²) in [6.07, 6.45) is 0. The molecule has 3 rings (SSSR count). The maximum atomic E-state index is 13.7. The van der Waals surface area contributed by atoms with Gasteiger partial charge in [-0.3, -0.25) is 0 Å². The Labute approximate surface area is 156 Å². The van der Waals surface area contributed by atoms with Gasteiger partial charge in [0.2, 0.25) is 0 Å². The molecule has 1 heterocycles. The van der Waals surface area contributed by atoms with Crippen molar-refractivity contribution in [2.45, 2.75) is 28.5 Å². The van der Waals surface area contributed by atoms with E-state index >= 15 is 0 Å². The van der Waals surface area contributed by atoms with E-state index in [1.807, 2.05) is 6.92 Å². The molecule has 0 unspecified atom stereocenters. The van der Waals surface area contributed by atoms with Crippen LogP contribution in [0.1, 0.15) is 17.0 Å². The van der Waals surface area contributed by atoms with Crippen LogP contribution in [0.25, 0.3) is 0 Å². The molecule has 8 heteroatoms. The van der Waals surface area contributed by atoms with E-state index in [4.69, 9.17) is 0 Å². The minimum atomic E-state index is -3.51. The highest BCUT2D eigenvalue weighted by Crippen LogP contribution is 2.24. The third-order valence-electron chi connectivity index (χ3n) is 3.94. The zero-order valence-corrected chi connectivity index (χ0v) is 16.0. The Bertz CT molecular complexity index is 1020. The average molecular weight is 391 g/mol. The van der Waals surface area contributed by atoms with Crippen molar-refractivity contribution in [1.82, 2.24) is 14.8 Å². The Balaban J connectivity index is 1.74. The highest BCUT2D eigenvalue weighted by molar-refractivity contribution is 7.98. The number of rotatable bonds is 6. The predicted octanol–water partition coefficient (Wildman–Crippen LogP) is 3.53. The van der Waals surface area contributed by atoms with Crippen LogP contribution in [-0.4, -0.2) is 23.2 Å². The molecular weight excluding hydrogens is 373 g/mol. The second-order valence-electron chi connectivity index (χ2n) is 5.91. The fourth-order valence-corrected chi connectivity index (χ4v) is 4.58. The van der Waals surface area contributed by atoms with Crippen LogP contribution in [0.2, 0.25) is 0 Å². The normalized spacial score (nSPS) is 11.7. The van der Waals surface area contributed by atoms with E-state index in [2.05, 4.69) is 10.2 Å². The molecule has 0 atom stereocenters. The number of aromatic nitrogens is 3. The fourth-order valence-electron chi connectivity index (χ4n) is 2.35. The van der Waals surface area contributed by atoms with E-state index in [0.29, 0.717) is 22.3 Å². The highest BCUT2D eigenvalue weighted by atomic mass is 32.2. The second kappa shape index (κ2) is 7.59. The minimum absolute atomic E-state index is 0.236. The molecule has 0 aliphatic rings. The first-order chi connectivity index (χ1) is 12.4. The SMILES string of the molecule is Cc1ccc(S(=O)(=O)Cc2nnc(SCc3ccccc3F)n2C)cc1. The molecule has 2 aromatic carbocycles. The summed E-state index contributed by atoms with van der Waals surface area (Å²) in [7, 11) is -1.79. The van der Waals surface area contributed by atoms with Crippen molar-refractivity contribution < 1.29 is 12.8 Å². The number of aryl methyl sites for hydroxylation is 1. The molecule has 5 nitrogen and oxygen atoms in total. The van der Waals surface area contributed by atoms with E-state index in [0.717, 1.165) is 5.56 Å². The number of sulfone groups is 1. The van der Waals surface area contributed by atoms with Crippen molar-refractivity contribution >= 4 is 21.6 Å². The Kier molecular flexibility index (Phi) is 5.43. The first-order valence-electron chi connectivity index (χ1n) is 7.91. The molecule has 0 saturated carbocycles. The number of benzene rings is 2. The molecule has 0 fully saturated rings. The van der Waals surface area contributed by atoms with Gasteiger partial charge in [-0.2, -0.15) is 0 Å². The molecule has 0 spiro atoms. The number of hydrogen-bond acceptors (Lipinski definition) is 5. The third-order valence-corrected chi connectivity index (χ3v) is 6.64. The number of halogens is 1. The molecule has 0 aliphatic carbocycles. The van der Waals surface area contributed by atoms with Crippen LogP contribution in [0.5, 0.6) is 0 Å². The van der Waals surface area contributed by atoms with Crippen LogP contribution in [0.3, 0.4) is 0 Å². The van der Waals surface area contributed by atoms with Gasteiger partial charge in [-0.05, 0) is 30.7 Å². The molecule has 0 amide bonds. The van der Waals surface area contributed by atoms with Crippen LogP contribution in [0.15, 0.2) is 58.6 Å². The predicted molar refractivity (Wildman–Crippen MR) is 99.0 cm³/mol. The van der Waals surface area contributed by atoms with E-state index < -0.39 is 9.84 Å². The van der Waals surface area contributed by atoms with Crippen LogP contribution in [-0.2, 0) is 28.4 Å². The van der Waals surface area contributed by atoms with Gasteiger partial charge in [0.05, 0.1) is 4.90 Å². The lowest BCUT2D eigenvalue weighted by Crippen LogP contribution is -2.09. The van der Waals surface area contributed by atoms with Crippen molar-refractivity contribution in [3.63, 3.8) is 0 Å². The Morgan fingerprint density at radius 2 is 1.77 bits per heavy atom. The van der Waals surface area contributed by atoms with Crippen molar-refractivity contribution in [2.75, 3.05) is 0 Å². The molecular formula is C18H18FN3O2S2. The summed E-state index contributed by atoms with van der Waals surface area (Å²) in [6, 6.07) is 13.2. The summed E-state index contributed by atoms with van der Waals surface area (Å²) < 4.78 is 40.5. The van der Waals surface area contributed by atoms with Gasteiger partial charge in [0, 0.05) is 12.8 Å². The summed E-state index contributed by atoms with van der Waals surface area (Å²) in [4.78, 5) is 0.256. The number of nitrogens with zero attached hydrogens (tertiary/aromatic N) is 3. The summed E-state index contributed by atoms with van der Waals surface area (Å²) >= 11 is 1.31. The molecule has 136 valence electrons. The molecule has 0 aliphatic heterocycles. The molecule has 3 aromatic rings. The standard InChI is InChI=1S/C18H18FN3O2S2/c1-13-7-9-15(10-8-13)26(23,24)12-17-20-21-18(22(17)2)25-11-14-5-3-4-6-16(14)19/h3-10H,11-12H2,1-2H3. The van der Waals surface area contributed by atoms with Gasteiger partial charge in [0.1, 0.15) is 17.4 Å². The zero-order valence-electron chi connectivity index (χ0n) is 14.4. The number of hydrogen-bond donors (Lipinski definition) is 0. The molecule has 0 bridgehead atoms. The summed E-state index contributed by atoms with van der Waals surface area (Å²) in [6.45, 7) is 1.90. The van der Waals surface area contributed by atoms with Crippen molar-refractivity contribution in [1.29, 1.82) is 0 Å². The first kappa shape index (κ1) is 18.6. The molecule has 0 radical (unpaired) electrons. The van der Waals surface area contributed by atoms with Crippen molar-refractivity contribution in [3.05, 3.63) is 71.3 Å². The maximum Gasteiger partial charge on any atom is 0.191 e. The van der Waals surface area contributed by atoms with Crippen molar-refractivity contribution in [3.8, 4) is 0 Å². The van der Waals surface area contributed by atoms with Gasteiger partial charge in [-0.1, -0.05) is 47.7 Å². The van der Waals surface area contributed by atoms with Crippen LogP contribution < -0.4 is 0 Å². The number of thioether (sulfide) groups is 1. The topological polar surface area (TPSA) is 64.8 Å². The Hall–Kier alpha value is -2.19. The summed E-state index contributed by atoms with van der Waals surface area (Å²) in [5, 5.41) is 8.58. The van der Waals surface area contributed by atoms with E-state index in [1.54, 1.807) is 54.1 Å². The van der Waals surface area contributed by atoms with E-state index in [9.17, 15) is 12.8 Å². The smallest absolute Gasteiger partial charge is 0.191 e. The van der Waals surface area contributed by atoms with E-state index in [-0.39, 0.29) is 16.5 Å². The second-order valence-corrected chi connectivity index (χ2v) is 8.84. The summed E-state index contributed by atoms with van der Waals surface area (Å²) in [5.74, 6) is 0.231. The minimum Gasteiger partial charge on any atom is -0.308 e. The lowest BCUT2D eigenvalue weighted by molar-refractivity contribution is 0.591. The Morgan fingerprint density at radius 3 is 2.46 bits per heavy atom. The monoisotopic (exact) mass is 391 g/mol. The van der Waals surface area contributed by atoms with Gasteiger partial charge < -0.3 is 4.57 Å². The van der Waals surface area contributed by atoms with Gasteiger partial charge in [0.25, 0.3) is 0 Å². The van der Waals surface area contributed by atoms with E-state index in [1.165, 1.54) is 17.8 Å². The third kappa shape index (κ3) is 4.13. The first-order valence-corrected chi connectivity index (χ1v) is 10.5. The maximum absolute atomic E-state index is 13.7. The molecule has 0 saturated heterocycles. The Morgan fingerprint density at radius 1 is 1.08 bits per heavy atom. The fraction of sp³-hybridized carbons (Fsp3) is 0.222. The largest absolute Gasteiger partial charge is 0.308 e. The molecule has 26 heavy (non-hydrogen) atoms. The van der Waals surface area contributed by atoms with Crippen molar-refractivity contribution in [2.24, 2.45) is 7.05 Å². The summed E-state index contributed by atoms with van der Waals surface area (Å²) in [5.41, 5.74) is 1.56. The van der Waals surface area contributed by atoms with Gasteiger partial charge >= 0.3 is 0 Å². The van der Waals surface area contributed by atoms with Gasteiger partial charge in [-0.25, -0.2) is 12.8 Å². The zero-order chi connectivity index (χ0) is 18.7. The lowest BCUT2D eigenvalue weighted by Gasteiger charge is -2.06. The highest BCUT2D eigenvalue weighted by Gasteiger charge is 2.20. The quantitative estimate of drug-likeness (QED) is 0.602. The van der Waals surface area contributed by atoms with Crippen LogP contribution in [0, 0.1) is 12.7 Å². The molecule has 0 N–H and O–H groups in total. The average Bonchev–Trinajstić information content (AvgIpc) is 2.94. The van der Waals surface area contributed by atoms with Gasteiger partial charge in [-0.15, -0.1) is 10.2 Å². The van der Waals surface area contributed by atoms with Crippen LogP contribution in [0.4, 0.5) is 4.39 Å². The van der Waals surface area contributed by atoms with Crippen LogP contribution >= 0.6 is 11.8 Å². The van der Waals surface area contributed by atoms with Gasteiger partial charge in [0.15, 0.2) is 15.0 Å². The molecule has 1 aromatic heterocycles. The lowest BCUT2D eigenvalue weighted by atomic mass is 10.2.